The molecule has 0 aliphatic carbocycles. The lowest BCUT2D eigenvalue weighted by Crippen LogP contribution is -2.18. The van der Waals surface area contributed by atoms with Gasteiger partial charge in [0.25, 0.3) is 0 Å². The third-order valence-electron chi connectivity index (χ3n) is 3.20. The molecule has 0 aromatic heterocycles. The van der Waals surface area contributed by atoms with E-state index in [0.29, 0.717) is 6.04 Å². The third-order valence-corrected chi connectivity index (χ3v) is 4.62. The zero-order valence-corrected chi connectivity index (χ0v) is 14.3. The monoisotopic (exact) mass is 381 g/mol. The molecule has 2 rings (SSSR count). The van der Waals surface area contributed by atoms with Crippen LogP contribution in [0.4, 0.5) is 0 Å². The Kier molecular flexibility index (Phi) is 5.20. The van der Waals surface area contributed by atoms with Gasteiger partial charge in [0.05, 0.1) is 0 Å². The van der Waals surface area contributed by atoms with Crippen LogP contribution in [-0.2, 0) is 6.54 Å². The Labute approximate surface area is 131 Å². The third kappa shape index (κ3) is 4.16. The van der Waals surface area contributed by atoms with Gasteiger partial charge < -0.3 is 5.32 Å². The van der Waals surface area contributed by atoms with E-state index in [-0.39, 0.29) is 0 Å². The van der Waals surface area contributed by atoms with Crippen LogP contribution in [0.3, 0.4) is 0 Å². The second-order valence-electron chi connectivity index (χ2n) is 4.74. The maximum Gasteiger partial charge on any atom is 0.0294 e. The van der Waals surface area contributed by atoms with E-state index in [1.807, 2.05) is 0 Å². The highest BCUT2D eigenvalue weighted by molar-refractivity contribution is 9.10. The molecule has 0 saturated heterocycles. The SMILES string of the molecule is Cc1cc(CNC(C)c2ccc(Br)cc2)ccc1Br. The summed E-state index contributed by atoms with van der Waals surface area (Å²) in [6, 6.07) is 15.3. The predicted molar refractivity (Wildman–Crippen MR) is 88.3 cm³/mol. The van der Waals surface area contributed by atoms with Crippen molar-refractivity contribution in [3.05, 3.63) is 68.1 Å². The Hall–Kier alpha value is -0.640. The molecule has 2 aromatic carbocycles. The maximum absolute atomic E-state index is 3.55. The van der Waals surface area contributed by atoms with Crippen molar-refractivity contribution in [1.29, 1.82) is 0 Å². The largest absolute Gasteiger partial charge is 0.306 e. The van der Waals surface area contributed by atoms with Gasteiger partial charge in [-0.1, -0.05) is 56.1 Å². The number of hydrogen-bond donors (Lipinski definition) is 1. The van der Waals surface area contributed by atoms with Crippen LogP contribution in [0.2, 0.25) is 0 Å². The van der Waals surface area contributed by atoms with Crippen LogP contribution in [0, 0.1) is 6.92 Å². The molecule has 1 atom stereocenters. The Morgan fingerprint density at radius 3 is 2.37 bits per heavy atom. The molecule has 0 bridgehead atoms. The number of halogens is 2. The smallest absolute Gasteiger partial charge is 0.0294 e. The lowest BCUT2D eigenvalue weighted by Gasteiger charge is -2.15. The Balaban J connectivity index is 1.98. The van der Waals surface area contributed by atoms with Crippen molar-refractivity contribution in [3.8, 4) is 0 Å². The molecular weight excluding hydrogens is 366 g/mol. The molecule has 0 aliphatic heterocycles. The van der Waals surface area contributed by atoms with Crippen molar-refractivity contribution in [2.24, 2.45) is 0 Å². The van der Waals surface area contributed by atoms with Gasteiger partial charge >= 0.3 is 0 Å². The van der Waals surface area contributed by atoms with E-state index in [1.54, 1.807) is 0 Å². The summed E-state index contributed by atoms with van der Waals surface area (Å²) in [4.78, 5) is 0. The first-order valence-corrected chi connectivity index (χ1v) is 7.89. The molecule has 19 heavy (non-hydrogen) atoms. The zero-order valence-electron chi connectivity index (χ0n) is 11.1. The summed E-state index contributed by atoms with van der Waals surface area (Å²) in [6.07, 6.45) is 0. The lowest BCUT2D eigenvalue weighted by molar-refractivity contribution is 0.574. The summed E-state index contributed by atoms with van der Waals surface area (Å²) in [5, 5.41) is 3.55. The van der Waals surface area contributed by atoms with E-state index in [4.69, 9.17) is 0 Å². The highest BCUT2D eigenvalue weighted by Gasteiger charge is 2.05. The summed E-state index contributed by atoms with van der Waals surface area (Å²) < 4.78 is 2.28. The molecule has 0 aliphatic rings. The van der Waals surface area contributed by atoms with E-state index in [1.165, 1.54) is 16.7 Å². The van der Waals surface area contributed by atoms with Crippen molar-refractivity contribution in [3.63, 3.8) is 0 Å². The first kappa shape index (κ1) is 14.8. The van der Waals surface area contributed by atoms with Crippen molar-refractivity contribution < 1.29 is 0 Å². The molecule has 0 fully saturated rings. The Morgan fingerprint density at radius 1 is 1.05 bits per heavy atom. The average molecular weight is 383 g/mol. The van der Waals surface area contributed by atoms with Crippen molar-refractivity contribution in [2.45, 2.75) is 26.4 Å². The number of nitrogens with one attached hydrogen (secondary N) is 1. The number of aryl methyl sites for hydroxylation is 1. The molecule has 0 heterocycles. The van der Waals surface area contributed by atoms with Gasteiger partial charge in [-0.25, -0.2) is 0 Å². The van der Waals surface area contributed by atoms with Crippen LogP contribution in [0.25, 0.3) is 0 Å². The summed E-state index contributed by atoms with van der Waals surface area (Å²) >= 11 is 6.99. The fourth-order valence-electron chi connectivity index (χ4n) is 1.96. The first-order chi connectivity index (χ1) is 9.06. The van der Waals surface area contributed by atoms with Crippen molar-refractivity contribution in [2.75, 3.05) is 0 Å². The molecule has 1 unspecified atom stereocenters. The quantitative estimate of drug-likeness (QED) is 0.749. The highest BCUT2D eigenvalue weighted by atomic mass is 79.9. The van der Waals surface area contributed by atoms with E-state index in [9.17, 15) is 0 Å². The van der Waals surface area contributed by atoms with E-state index in [2.05, 4.69) is 93.5 Å². The number of benzene rings is 2. The molecule has 3 heteroatoms. The first-order valence-electron chi connectivity index (χ1n) is 6.30. The van der Waals surface area contributed by atoms with Gasteiger partial charge in [0.15, 0.2) is 0 Å². The molecule has 0 amide bonds. The summed E-state index contributed by atoms with van der Waals surface area (Å²) in [6.45, 7) is 5.19. The van der Waals surface area contributed by atoms with Crippen LogP contribution >= 0.6 is 31.9 Å². The minimum atomic E-state index is 0.344. The maximum atomic E-state index is 3.55. The van der Waals surface area contributed by atoms with Gasteiger partial charge in [-0.2, -0.15) is 0 Å². The second-order valence-corrected chi connectivity index (χ2v) is 6.51. The molecule has 0 spiro atoms. The van der Waals surface area contributed by atoms with Crippen LogP contribution < -0.4 is 5.32 Å². The fourth-order valence-corrected chi connectivity index (χ4v) is 2.47. The van der Waals surface area contributed by atoms with E-state index in [0.717, 1.165) is 15.5 Å². The minimum Gasteiger partial charge on any atom is -0.306 e. The van der Waals surface area contributed by atoms with Crippen LogP contribution in [-0.4, -0.2) is 0 Å². The molecule has 0 saturated carbocycles. The van der Waals surface area contributed by atoms with Gasteiger partial charge in [-0.15, -0.1) is 0 Å². The lowest BCUT2D eigenvalue weighted by atomic mass is 10.1. The average Bonchev–Trinajstić information content (AvgIpc) is 2.40. The Morgan fingerprint density at radius 2 is 1.74 bits per heavy atom. The summed E-state index contributed by atoms with van der Waals surface area (Å²) in [7, 11) is 0. The standard InChI is InChI=1S/C16H17Br2N/c1-11-9-13(3-8-16(11)18)10-19-12(2)14-4-6-15(17)7-5-14/h3-9,12,19H,10H2,1-2H3. The van der Waals surface area contributed by atoms with Crippen molar-refractivity contribution >= 4 is 31.9 Å². The van der Waals surface area contributed by atoms with Gasteiger partial charge in [-0.05, 0) is 48.7 Å². The van der Waals surface area contributed by atoms with Gasteiger partial charge in [0.2, 0.25) is 0 Å². The summed E-state index contributed by atoms with van der Waals surface area (Å²) in [5.74, 6) is 0. The Bertz CT molecular complexity index is 549. The van der Waals surface area contributed by atoms with E-state index < -0.39 is 0 Å². The second kappa shape index (κ2) is 6.69. The minimum absolute atomic E-state index is 0.344. The van der Waals surface area contributed by atoms with E-state index >= 15 is 0 Å². The van der Waals surface area contributed by atoms with Gasteiger partial charge in [0.1, 0.15) is 0 Å². The van der Waals surface area contributed by atoms with Crippen molar-refractivity contribution in [1.82, 2.24) is 5.32 Å². The molecule has 100 valence electrons. The fraction of sp³-hybridized carbons (Fsp3) is 0.250. The van der Waals surface area contributed by atoms with Gasteiger partial charge in [-0.3, -0.25) is 0 Å². The molecule has 2 aromatic rings. The van der Waals surface area contributed by atoms with Crippen LogP contribution in [0.1, 0.15) is 29.7 Å². The molecule has 1 nitrogen and oxygen atoms in total. The molecular formula is C16H17Br2N. The molecule has 1 N–H and O–H groups in total. The normalized spacial score (nSPS) is 12.4. The topological polar surface area (TPSA) is 12.0 Å². The predicted octanol–water partition coefficient (Wildman–Crippen LogP) is 5.37. The van der Waals surface area contributed by atoms with Crippen LogP contribution in [0.15, 0.2) is 51.4 Å². The molecule has 0 radical (unpaired) electrons. The number of hydrogen-bond acceptors (Lipinski definition) is 1. The summed E-state index contributed by atoms with van der Waals surface area (Å²) in [5.41, 5.74) is 3.89. The number of rotatable bonds is 4. The highest BCUT2D eigenvalue weighted by Crippen LogP contribution is 2.19. The van der Waals surface area contributed by atoms with Gasteiger partial charge in [0, 0.05) is 21.5 Å². The van der Waals surface area contributed by atoms with Crippen LogP contribution in [0.5, 0.6) is 0 Å². The zero-order chi connectivity index (χ0) is 13.8.